The Morgan fingerprint density at radius 1 is 1.00 bits per heavy atom. The number of hydrogen-bond donors (Lipinski definition) is 0. The van der Waals surface area contributed by atoms with Crippen LogP contribution in [-0.4, -0.2) is 21.6 Å². The van der Waals surface area contributed by atoms with Crippen LogP contribution in [0.25, 0.3) is 0 Å². The quantitative estimate of drug-likeness (QED) is 0.385. The Morgan fingerprint density at radius 3 is 1.86 bits per heavy atom. The Hall–Kier alpha value is 0.1000. The van der Waals surface area contributed by atoms with E-state index < -0.39 is 0 Å². The number of esters is 2. The average Bonchev–Trinajstić information content (AvgIpc) is 2.71. The van der Waals surface area contributed by atoms with Gasteiger partial charge in [0.1, 0.15) is 0 Å². The molecule has 0 aromatic rings. The Balaban J connectivity index is 2.01. The van der Waals surface area contributed by atoms with Crippen molar-refractivity contribution in [1.29, 1.82) is 0 Å². The second-order valence-electron chi connectivity index (χ2n) is 4.24. The van der Waals surface area contributed by atoms with Gasteiger partial charge in [0.2, 0.25) is 0 Å². The van der Waals surface area contributed by atoms with E-state index in [1.54, 1.807) is 0 Å². The summed E-state index contributed by atoms with van der Waals surface area (Å²) >= 11 is 7.16. The molecule has 76 valence electrons. The van der Waals surface area contributed by atoms with Crippen molar-refractivity contribution in [2.45, 2.75) is 16.1 Å². The molecule has 2 saturated carbocycles. The third kappa shape index (κ3) is 0.927. The molecule has 0 N–H and O–H groups in total. The highest BCUT2D eigenvalue weighted by Gasteiger charge is 2.65. The molecule has 6 atom stereocenters. The standard InChI is InChI=1S/C9H8Br2O3/c10-6-2-1-3(7(6)11)5-4(2)8(12)14-9(5)13/h2-7H,1H2/t2-,3+,4+,5-,6-,7+. The van der Waals surface area contributed by atoms with Crippen LogP contribution < -0.4 is 0 Å². The van der Waals surface area contributed by atoms with Gasteiger partial charge in [0.15, 0.2) is 0 Å². The van der Waals surface area contributed by atoms with E-state index in [2.05, 4.69) is 36.6 Å². The molecule has 1 aliphatic heterocycles. The molecule has 2 aliphatic carbocycles. The van der Waals surface area contributed by atoms with E-state index in [-0.39, 0.29) is 35.6 Å². The lowest BCUT2D eigenvalue weighted by molar-refractivity contribution is -0.154. The smallest absolute Gasteiger partial charge is 0.317 e. The first-order valence-electron chi connectivity index (χ1n) is 4.65. The van der Waals surface area contributed by atoms with E-state index in [0.717, 1.165) is 6.42 Å². The molecule has 1 saturated heterocycles. The van der Waals surface area contributed by atoms with Gasteiger partial charge >= 0.3 is 11.9 Å². The van der Waals surface area contributed by atoms with E-state index in [4.69, 9.17) is 0 Å². The van der Waals surface area contributed by atoms with Gasteiger partial charge in [-0.3, -0.25) is 9.59 Å². The summed E-state index contributed by atoms with van der Waals surface area (Å²) in [5.74, 6) is -0.425. The highest BCUT2D eigenvalue weighted by atomic mass is 79.9. The largest absolute Gasteiger partial charge is 0.393 e. The summed E-state index contributed by atoms with van der Waals surface area (Å²) in [5, 5.41) is 0. The van der Waals surface area contributed by atoms with Crippen LogP contribution in [0.2, 0.25) is 0 Å². The van der Waals surface area contributed by atoms with Crippen LogP contribution in [0.3, 0.4) is 0 Å². The van der Waals surface area contributed by atoms with E-state index in [1.807, 2.05) is 0 Å². The minimum atomic E-state index is -0.309. The number of fused-ring (bicyclic) bond motifs is 5. The number of rotatable bonds is 0. The van der Waals surface area contributed by atoms with Crippen LogP contribution >= 0.6 is 31.9 Å². The van der Waals surface area contributed by atoms with Crippen LogP contribution in [0.5, 0.6) is 0 Å². The van der Waals surface area contributed by atoms with Gasteiger partial charge in [-0.1, -0.05) is 31.9 Å². The fraction of sp³-hybridized carbons (Fsp3) is 0.778. The van der Waals surface area contributed by atoms with Crippen molar-refractivity contribution in [3.63, 3.8) is 0 Å². The summed E-state index contributed by atoms with van der Waals surface area (Å²) in [6.07, 6.45) is 0.960. The zero-order chi connectivity index (χ0) is 10.0. The van der Waals surface area contributed by atoms with Crippen molar-refractivity contribution in [3.8, 4) is 0 Å². The summed E-state index contributed by atoms with van der Waals surface area (Å²) in [6.45, 7) is 0. The second-order valence-corrected chi connectivity index (χ2v) is 6.36. The molecule has 14 heavy (non-hydrogen) atoms. The maximum atomic E-state index is 11.4. The van der Waals surface area contributed by atoms with Gasteiger partial charge in [-0.15, -0.1) is 0 Å². The lowest BCUT2D eigenvalue weighted by Crippen LogP contribution is -2.37. The number of halogens is 2. The molecular weight excluding hydrogens is 316 g/mol. The van der Waals surface area contributed by atoms with Crippen molar-refractivity contribution >= 4 is 43.8 Å². The lowest BCUT2D eigenvalue weighted by Gasteiger charge is -2.27. The van der Waals surface area contributed by atoms with E-state index >= 15 is 0 Å². The van der Waals surface area contributed by atoms with Gasteiger partial charge in [-0.2, -0.15) is 0 Å². The predicted molar refractivity (Wildman–Crippen MR) is 55.1 cm³/mol. The van der Waals surface area contributed by atoms with Gasteiger partial charge in [0, 0.05) is 9.65 Å². The zero-order valence-corrected chi connectivity index (χ0v) is 10.3. The van der Waals surface area contributed by atoms with Crippen molar-refractivity contribution in [1.82, 2.24) is 0 Å². The van der Waals surface area contributed by atoms with Gasteiger partial charge in [-0.05, 0) is 18.3 Å². The summed E-state index contributed by atoms with van der Waals surface area (Å²) in [6, 6.07) is 0. The molecule has 3 aliphatic rings. The Morgan fingerprint density at radius 2 is 1.43 bits per heavy atom. The van der Waals surface area contributed by atoms with Crippen LogP contribution in [0.4, 0.5) is 0 Å². The fourth-order valence-electron chi connectivity index (χ4n) is 3.15. The lowest BCUT2D eigenvalue weighted by atomic mass is 9.81. The number of ether oxygens (including phenoxy) is 1. The summed E-state index contributed by atoms with van der Waals surface area (Å²) in [7, 11) is 0. The van der Waals surface area contributed by atoms with Crippen LogP contribution in [-0.2, 0) is 14.3 Å². The molecule has 0 spiro atoms. The molecule has 3 rings (SSSR count). The number of carbonyl (C=O) groups excluding carboxylic acids is 2. The van der Waals surface area contributed by atoms with Crippen LogP contribution in [0.1, 0.15) is 6.42 Å². The first-order chi connectivity index (χ1) is 6.61. The van der Waals surface area contributed by atoms with E-state index in [9.17, 15) is 9.59 Å². The van der Waals surface area contributed by atoms with E-state index in [0.29, 0.717) is 9.65 Å². The predicted octanol–water partition coefficient (Wildman–Crippen LogP) is 1.48. The first-order valence-corrected chi connectivity index (χ1v) is 6.48. The Bertz CT molecular complexity index is 300. The third-order valence-electron chi connectivity index (χ3n) is 3.72. The average molecular weight is 324 g/mol. The fourth-order valence-corrected chi connectivity index (χ4v) is 5.02. The van der Waals surface area contributed by atoms with Gasteiger partial charge in [0.25, 0.3) is 0 Å². The molecule has 0 aromatic carbocycles. The maximum absolute atomic E-state index is 11.4. The molecule has 0 unspecified atom stereocenters. The van der Waals surface area contributed by atoms with Gasteiger partial charge in [0.05, 0.1) is 11.8 Å². The minimum Gasteiger partial charge on any atom is -0.393 e. The highest BCUT2D eigenvalue weighted by Crippen LogP contribution is 2.59. The summed E-state index contributed by atoms with van der Waals surface area (Å²) < 4.78 is 4.69. The number of carbonyl (C=O) groups is 2. The van der Waals surface area contributed by atoms with Crippen LogP contribution in [0, 0.1) is 23.7 Å². The molecule has 2 bridgehead atoms. The second kappa shape index (κ2) is 2.82. The molecule has 0 amide bonds. The molecule has 0 aromatic heterocycles. The maximum Gasteiger partial charge on any atom is 0.317 e. The van der Waals surface area contributed by atoms with Gasteiger partial charge < -0.3 is 4.74 Å². The van der Waals surface area contributed by atoms with Crippen molar-refractivity contribution in [2.75, 3.05) is 0 Å². The molecule has 3 fully saturated rings. The zero-order valence-electron chi connectivity index (χ0n) is 7.15. The highest BCUT2D eigenvalue weighted by molar-refractivity contribution is 9.12. The van der Waals surface area contributed by atoms with Crippen LogP contribution in [0.15, 0.2) is 0 Å². The number of hydrogen-bond acceptors (Lipinski definition) is 3. The minimum absolute atomic E-state index is 0.175. The SMILES string of the molecule is O=C1OC(=O)[C@H]2[C@H]3C[C@H]([C@H](Br)[C@@H]3Br)[C@@H]12. The van der Waals surface area contributed by atoms with Crippen molar-refractivity contribution in [3.05, 3.63) is 0 Å². The molecule has 0 radical (unpaired) electrons. The molecule has 5 heteroatoms. The molecular formula is C9H8Br2O3. The monoisotopic (exact) mass is 322 g/mol. The first kappa shape index (κ1) is 9.33. The third-order valence-corrected chi connectivity index (χ3v) is 6.93. The Kier molecular flexibility index (Phi) is 1.88. The topological polar surface area (TPSA) is 43.4 Å². The molecule has 1 heterocycles. The number of alkyl halides is 2. The van der Waals surface area contributed by atoms with E-state index in [1.165, 1.54) is 0 Å². The summed E-state index contributed by atoms with van der Waals surface area (Å²) in [5.41, 5.74) is 0. The molecule has 3 nitrogen and oxygen atoms in total. The number of cyclic esters (lactones) is 2. The Labute approximate surface area is 97.8 Å². The van der Waals surface area contributed by atoms with Crippen molar-refractivity contribution in [2.24, 2.45) is 23.7 Å². The normalized spacial score (nSPS) is 55.0. The summed E-state index contributed by atoms with van der Waals surface area (Å²) in [4.78, 5) is 23.5. The van der Waals surface area contributed by atoms with Crippen molar-refractivity contribution < 1.29 is 14.3 Å². The van der Waals surface area contributed by atoms with Gasteiger partial charge in [-0.25, -0.2) is 0 Å².